The van der Waals surface area contributed by atoms with Gasteiger partial charge in [-0.15, -0.1) is 0 Å². The SMILES string of the molecule is CC(C)(NC(=O)CC1CCSCC1)C(N)=NO. The van der Waals surface area contributed by atoms with Gasteiger partial charge in [-0.3, -0.25) is 4.79 Å². The predicted octanol–water partition coefficient (Wildman–Crippen LogP) is 1.16. The van der Waals surface area contributed by atoms with Crippen molar-refractivity contribution in [3.63, 3.8) is 0 Å². The van der Waals surface area contributed by atoms with Crippen LogP contribution in [0.1, 0.15) is 33.1 Å². The summed E-state index contributed by atoms with van der Waals surface area (Å²) in [6, 6.07) is 0. The lowest BCUT2D eigenvalue weighted by Crippen LogP contribution is -2.53. The van der Waals surface area contributed by atoms with Crippen molar-refractivity contribution in [2.45, 2.75) is 38.6 Å². The molecule has 0 bridgehead atoms. The van der Waals surface area contributed by atoms with Gasteiger partial charge >= 0.3 is 0 Å². The Balaban J connectivity index is 2.43. The minimum atomic E-state index is -0.796. The second kappa shape index (κ2) is 6.14. The van der Waals surface area contributed by atoms with Gasteiger partial charge in [0.15, 0.2) is 5.84 Å². The highest BCUT2D eigenvalue weighted by molar-refractivity contribution is 7.99. The number of nitrogens with two attached hydrogens (primary N) is 1. The molecule has 1 amide bonds. The fourth-order valence-electron chi connectivity index (χ4n) is 1.80. The Labute approximate surface area is 106 Å². The van der Waals surface area contributed by atoms with Crippen molar-refractivity contribution in [2.75, 3.05) is 11.5 Å². The summed E-state index contributed by atoms with van der Waals surface area (Å²) >= 11 is 1.94. The second-order valence-corrected chi connectivity index (χ2v) is 6.14. The van der Waals surface area contributed by atoms with Crippen molar-refractivity contribution in [1.82, 2.24) is 5.32 Å². The lowest BCUT2D eigenvalue weighted by molar-refractivity contribution is -0.123. The van der Waals surface area contributed by atoms with Gasteiger partial charge in [0.1, 0.15) is 0 Å². The summed E-state index contributed by atoms with van der Waals surface area (Å²) in [6.45, 7) is 3.44. The highest BCUT2D eigenvalue weighted by Gasteiger charge is 2.27. The maximum Gasteiger partial charge on any atom is 0.221 e. The summed E-state index contributed by atoms with van der Waals surface area (Å²) in [7, 11) is 0. The van der Waals surface area contributed by atoms with E-state index in [-0.39, 0.29) is 11.7 Å². The Morgan fingerprint density at radius 2 is 2.12 bits per heavy atom. The van der Waals surface area contributed by atoms with Crippen LogP contribution in [-0.4, -0.2) is 34.0 Å². The number of carbonyl (C=O) groups excluding carboxylic acids is 1. The van der Waals surface area contributed by atoms with E-state index < -0.39 is 5.54 Å². The standard InChI is InChI=1S/C11H21N3O2S/c1-11(2,10(12)14-16)13-9(15)7-8-3-5-17-6-4-8/h8,16H,3-7H2,1-2H3,(H2,12,14)(H,13,15). The van der Waals surface area contributed by atoms with Gasteiger partial charge in [0.25, 0.3) is 0 Å². The van der Waals surface area contributed by atoms with Crippen LogP contribution in [0.5, 0.6) is 0 Å². The van der Waals surface area contributed by atoms with Crippen molar-refractivity contribution in [1.29, 1.82) is 0 Å². The molecule has 98 valence electrons. The van der Waals surface area contributed by atoms with Gasteiger partial charge in [-0.05, 0) is 44.1 Å². The molecule has 0 spiro atoms. The van der Waals surface area contributed by atoms with Crippen LogP contribution < -0.4 is 11.1 Å². The van der Waals surface area contributed by atoms with Crippen LogP contribution in [0.15, 0.2) is 5.16 Å². The number of hydrogen-bond acceptors (Lipinski definition) is 4. The Morgan fingerprint density at radius 3 is 2.65 bits per heavy atom. The van der Waals surface area contributed by atoms with E-state index in [9.17, 15) is 4.79 Å². The van der Waals surface area contributed by atoms with Crippen molar-refractivity contribution < 1.29 is 10.0 Å². The largest absolute Gasteiger partial charge is 0.409 e. The van der Waals surface area contributed by atoms with Gasteiger partial charge < -0.3 is 16.3 Å². The third kappa shape index (κ3) is 4.46. The lowest BCUT2D eigenvalue weighted by atomic mass is 9.97. The average molecular weight is 259 g/mol. The zero-order valence-electron chi connectivity index (χ0n) is 10.4. The van der Waals surface area contributed by atoms with Crippen LogP contribution in [-0.2, 0) is 4.79 Å². The van der Waals surface area contributed by atoms with Gasteiger partial charge in [0, 0.05) is 6.42 Å². The van der Waals surface area contributed by atoms with Crippen molar-refractivity contribution in [3.05, 3.63) is 0 Å². The van der Waals surface area contributed by atoms with Crippen LogP contribution in [0.4, 0.5) is 0 Å². The van der Waals surface area contributed by atoms with E-state index in [0.29, 0.717) is 12.3 Å². The Kier molecular flexibility index (Phi) is 5.11. The van der Waals surface area contributed by atoms with E-state index in [4.69, 9.17) is 10.9 Å². The molecule has 1 aliphatic rings. The first-order valence-electron chi connectivity index (χ1n) is 5.82. The predicted molar refractivity (Wildman–Crippen MR) is 70.3 cm³/mol. The molecule has 0 aromatic carbocycles. The molecule has 6 heteroatoms. The van der Waals surface area contributed by atoms with Gasteiger partial charge in [-0.25, -0.2) is 0 Å². The van der Waals surface area contributed by atoms with E-state index in [1.807, 2.05) is 11.8 Å². The molecule has 1 fully saturated rings. The monoisotopic (exact) mass is 259 g/mol. The van der Waals surface area contributed by atoms with Crippen LogP contribution in [0, 0.1) is 5.92 Å². The van der Waals surface area contributed by atoms with Crippen LogP contribution in [0.3, 0.4) is 0 Å². The fraction of sp³-hybridized carbons (Fsp3) is 0.818. The zero-order chi connectivity index (χ0) is 12.9. The zero-order valence-corrected chi connectivity index (χ0v) is 11.2. The molecule has 1 heterocycles. The first kappa shape index (κ1) is 14.2. The van der Waals surface area contributed by atoms with Gasteiger partial charge in [-0.1, -0.05) is 5.16 Å². The smallest absolute Gasteiger partial charge is 0.221 e. The van der Waals surface area contributed by atoms with Crippen LogP contribution >= 0.6 is 11.8 Å². The molecule has 1 rings (SSSR count). The van der Waals surface area contributed by atoms with Crippen molar-refractivity contribution in [3.8, 4) is 0 Å². The Bertz CT molecular complexity index is 299. The van der Waals surface area contributed by atoms with Crippen molar-refractivity contribution in [2.24, 2.45) is 16.8 Å². The Morgan fingerprint density at radius 1 is 1.53 bits per heavy atom. The molecule has 0 saturated carbocycles. The molecule has 0 aromatic heterocycles. The first-order valence-corrected chi connectivity index (χ1v) is 6.98. The topological polar surface area (TPSA) is 87.7 Å². The number of oxime groups is 1. The quantitative estimate of drug-likeness (QED) is 0.306. The highest BCUT2D eigenvalue weighted by atomic mass is 32.2. The van der Waals surface area contributed by atoms with Gasteiger partial charge in [0.2, 0.25) is 5.91 Å². The number of nitrogens with one attached hydrogen (secondary N) is 1. The van der Waals surface area contributed by atoms with E-state index in [2.05, 4.69) is 10.5 Å². The molecule has 17 heavy (non-hydrogen) atoms. The molecule has 0 atom stereocenters. The third-order valence-electron chi connectivity index (χ3n) is 3.01. The molecule has 0 aromatic rings. The molecular weight excluding hydrogens is 238 g/mol. The second-order valence-electron chi connectivity index (χ2n) is 4.92. The lowest BCUT2D eigenvalue weighted by Gasteiger charge is -2.27. The molecule has 0 unspecified atom stereocenters. The molecule has 1 aliphatic heterocycles. The summed E-state index contributed by atoms with van der Waals surface area (Å²) in [5.41, 5.74) is 4.72. The first-order chi connectivity index (χ1) is 7.95. The molecule has 4 N–H and O–H groups in total. The van der Waals surface area contributed by atoms with Gasteiger partial charge in [0.05, 0.1) is 5.54 Å². The number of thioether (sulfide) groups is 1. The van der Waals surface area contributed by atoms with E-state index in [1.54, 1.807) is 13.8 Å². The fourth-order valence-corrected chi connectivity index (χ4v) is 3.01. The van der Waals surface area contributed by atoms with Crippen LogP contribution in [0.2, 0.25) is 0 Å². The maximum atomic E-state index is 11.8. The van der Waals surface area contributed by atoms with E-state index in [0.717, 1.165) is 24.3 Å². The summed E-state index contributed by atoms with van der Waals surface area (Å²) in [5, 5.41) is 14.3. The molecule has 0 radical (unpaired) electrons. The number of amides is 1. The van der Waals surface area contributed by atoms with E-state index in [1.165, 1.54) is 0 Å². The normalized spacial score (nSPS) is 19.1. The van der Waals surface area contributed by atoms with Gasteiger partial charge in [-0.2, -0.15) is 11.8 Å². The van der Waals surface area contributed by atoms with Crippen molar-refractivity contribution >= 4 is 23.5 Å². The van der Waals surface area contributed by atoms with Crippen LogP contribution in [0.25, 0.3) is 0 Å². The van der Waals surface area contributed by atoms with E-state index >= 15 is 0 Å². The minimum Gasteiger partial charge on any atom is -0.409 e. The highest BCUT2D eigenvalue weighted by Crippen LogP contribution is 2.25. The number of nitrogens with zero attached hydrogens (tertiary/aromatic N) is 1. The number of rotatable bonds is 4. The minimum absolute atomic E-state index is 0.0186. The molecule has 1 saturated heterocycles. The number of amidine groups is 1. The summed E-state index contributed by atoms with van der Waals surface area (Å²) in [6.07, 6.45) is 2.73. The summed E-state index contributed by atoms with van der Waals surface area (Å²) in [5.74, 6) is 2.74. The molecule has 5 nitrogen and oxygen atoms in total. The molecule has 0 aliphatic carbocycles. The summed E-state index contributed by atoms with van der Waals surface area (Å²) < 4.78 is 0. The maximum absolute atomic E-state index is 11.8. The average Bonchev–Trinajstić information content (AvgIpc) is 2.28. The number of hydrogen-bond donors (Lipinski definition) is 3. The molecular formula is C11H21N3O2S. The number of carbonyl (C=O) groups is 1. The Hall–Kier alpha value is -0.910. The summed E-state index contributed by atoms with van der Waals surface area (Å²) in [4.78, 5) is 11.8. The third-order valence-corrected chi connectivity index (χ3v) is 4.06.